The number of aryl methyl sites for hydroxylation is 2. The van der Waals surface area contributed by atoms with Gasteiger partial charge in [0.25, 0.3) is 5.91 Å². The molecule has 0 saturated heterocycles. The van der Waals surface area contributed by atoms with E-state index in [1.165, 1.54) is 29.7 Å². The molecule has 118 valence electrons. The highest BCUT2D eigenvalue weighted by Gasteiger charge is 2.16. The second kappa shape index (κ2) is 6.75. The predicted molar refractivity (Wildman–Crippen MR) is 89.8 cm³/mol. The maximum Gasteiger partial charge on any atom is 0.261 e. The van der Waals surface area contributed by atoms with Crippen LogP contribution in [0.1, 0.15) is 52.1 Å². The number of H-pyrrole nitrogens is 1. The van der Waals surface area contributed by atoms with Gasteiger partial charge >= 0.3 is 0 Å². The number of aromatic amines is 1. The zero-order valence-electron chi connectivity index (χ0n) is 12.6. The van der Waals surface area contributed by atoms with E-state index in [2.05, 4.69) is 21.6 Å². The monoisotopic (exact) mass is 336 g/mol. The number of thiophene rings is 1. The van der Waals surface area contributed by atoms with Crippen molar-refractivity contribution in [3.63, 3.8) is 0 Å². The first-order valence-electron chi connectivity index (χ1n) is 7.73. The Balaban J connectivity index is 1.68. The van der Waals surface area contributed by atoms with Crippen molar-refractivity contribution in [2.45, 2.75) is 52.1 Å². The lowest BCUT2D eigenvalue weighted by molar-refractivity contribution is 0.0953. The van der Waals surface area contributed by atoms with Crippen molar-refractivity contribution in [3.8, 4) is 0 Å². The van der Waals surface area contributed by atoms with Crippen LogP contribution in [0.25, 0.3) is 0 Å². The molecule has 0 atom stereocenters. The summed E-state index contributed by atoms with van der Waals surface area (Å²) in [7, 11) is 0. The number of nitrogens with zero attached hydrogens (tertiary/aromatic N) is 2. The van der Waals surface area contributed by atoms with Crippen LogP contribution in [0.4, 0.5) is 0 Å². The Morgan fingerprint density at radius 2 is 2.27 bits per heavy atom. The maximum absolute atomic E-state index is 12.4. The third kappa shape index (κ3) is 3.15. The molecule has 0 unspecified atom stereocenters. The number of rotatable bonds is 4. The highest BCUT2D eigenvalue weighted by atomic mass is 32.1. The van der Waals surface area contributed by atoms with E-state index in [0.29, 0.717) is 11.3 Å². The molecule has 1 aliphatic carbocycles. The molecule has 2 aromatic heterocycles. The minimum Gasteiger partial charge on any atom is -0.344 e. The van der Waals surface area contributed by atoms with Crippen molar-refractivity contribution in [1.29, 1.82) is 0 Å². The number of hydrogen-bond acceptors (Lipinski definition) is 4. The summed E-state index contributed by atoms with van der Waals surface area (Å²) in [5.74, 6) is 0.744. The maximum atomic E-state index is 12.4. The lowest BCUT2D eigenvalue weighted by atomic mass is 10.1. The average molecular weight is 336 g/mol. The van der Waals surface area contributed by atoms with Gasteiger partial charge in [0.1, 0.15) is 0 Å². The fourth-order valence-electron chi connectivity index (χ4n) is 2.84. The summed E-state index contributed by atoms with van der Waals surface area (Å²) in [6, 6.07) is 2.07. The molecule has 0 fully saturated rings. The SMILES string of the molecule is CCn1c(CNC(=O)c2cc3c(s2)CCCCC3)n[nH]c1=S. The summed E-state index contributed by atoms with van der Waals surface area (Å²) in [4.78, 5) is 14.6. The third-order valence-corrected chi connectivity index (χ3v) is 5.58. The van der Waals surface area contributed by atoms with Crippen molar-refractivity contribution >= 4 is 29.5 Å². The Bertz CT molecular complexity index is 705. The molecule has 0 bridgehead atoms. The Labute approximate surface area is 138 Å². The summed E-state index contributed by atoms with van der Waals surface area (Å²) in [5, 5.41) is 9.88. The first kappa shape index (κ1) is 15.4. The molecule has 7 heteroatoms. The van der Waals surface area contributed by atoms with Crippen LogP contribution in [0, 0.1) is 4.77 Å². The number of carbonyl (C=O) groups excluding carboxylic acids is 1. The average Bonchev–Trinajstić information content (AvgIpc) is 3.01. The second-order valence-electron chi connectivity index (χ2n) is 5.49. The van der Waals surface area contributed by atoms with E-state index in [1.54, 1.807) is 11.3 Å². The van der Waals surface area contributed by atoms with Crippen LogP contribution in [-0.2, 0) is 25.9 Å². The van der Waals surface area contributed by atoms with Gasteiger partial charge in [-0.1, -0.05) is 6.42 Å². The van der Waals surface area contributed by atoms with Crippen LogP contribution in [0.2, 0.25) is 0 Å². The van der Waals surface area contributed by atoms with Gasteiger partial charge in [-0.3, -0.25) is 9.89 Å². The zero-order chi connectivity index (χ0) is 15.5. The highest BCUT2D eigenvalue weighted by molar-refractivity contribution is 7.71. The summed E-state index contributed by atoms with van der Waals surface area (Å²) < 4.78 is 2.48. The highest BCUT2D eigenvalue weighted by Crippen LogP contribution is 2.28. The molecule has 2 aromatic rings. The smallest absolute Gasteiger partial charge is 0.261 e. The summed E-state index contributed by atoms with van der Waals surface area (Å²) in [6.45, 7) is 3.14. The molecular weight excluding hydrogens is 316 g/mol. The number of aromatic nitrogens is 3. The van der Waals surface area contributed by atoms with E-state index >= 15 is 0 Å². The van der Waals surface area contributed by atoms with Crippen LogP contribution >= 0.6 is 23.6 Å². The molecule has 1 amide bonds. The Kier molecular flexibility index (Phi) is 4.73. The van der Waals surface area contributed by atoms with Crippen molar-refractivity contribution in [2.75, 3.05) is 0 Å². The van der Waals surface area contributed by atoms with E-state index in [0.717, 1.165) is 30.1 Å². The number of amides is 1. The van der Waals surface area contributed by atoms with Gasteiger partial charge in [0.05, 0.1) is 11.4 Å². The lowest BCUT2D eigenvalue weighted by Gasteiger charge is -2.04. The number of nitrogens with one attached hydrogen (secondary N) is 2. The predicted octanol–water partition coefficient (Wildman–Crippen LogP) is 3.22. The number of fused-ring (bicyclic) bond motifs is 1. The van der Waals surface area contributed by atoms with E-state index in [-0.39, 0.29) is 5.91 Å². The molecule has 2 N–H and O–H groups in total. The van der Waals surface area contributed by atoms with Crippen molar-refractivity contribution in [2.24, 2.45) is 0 Å². The van der Waals surface area contributed by atoms with Gasteiger partial charge in [-0.15, -0.1) is 11.3 Å². The van der Waals surface area contributed by atoms with Crippen molar-refractivity contribution in [1.82, 2.24) is 20.1 Å². The van der Waals surface area contributed by atoms with Gasteiger partial charge in [-0.2, -0.15) is 5.10 Å². The largest absolute Gasteiger partial charge is 0.344 e. The van der Waals surface area contributed by atoms with E-state index in [1.807, 2.05) is 11.5 Å². The first-order chi connectivity index (χ1) is 10.7. The molecule has 0 aromatic carbocycles. The van der Waals surface area contributed by atoms with E-state index < -0.39 is 0 Å². The standard InChI is InChI=1S/C15H20N4OS2/c1-2-19-13(17-18-15(19)21)9-16-14(20)12-8-10-6-4-3-5-7-11(10)22-12/h8H,2-7,9H2,1H3,(H,16,20)(H,18,21). The molecule has 0 saturated carbocycles. The van der Waals surface area contributed by atoms with Crippen LogP contribution in [0.15, 0.2) is 6.07 Å². The van der Waals surface area contributed by atoms with E-state index in [9.17, 15) is 4.79 Å². The first-order valence-corrected chi connectivity index (χ1v) is 8.95. The molecule has 1 aliphatic rings. The number of carbonyl (C=O) groups is 1. The third-order valence-electron chi connectivity index (χ3n) is 4.03. The van der Waals surface area contributed by atoms with E-state index in [4.69, 9.17) is 12.2 Å². The van der Waals surface area contributed by atoms with Gasteiger partial charge < -0.3 is 9.88 Å². The summed E-state index contributed by atoms with van der Waals surface area (Å²) in [5.41, 5.74) is 1.36. The molecule has 0 spiro atoms. The minimum absolute atomic E-state index is 0.0188. The number of hydrogen-bond donors (Lipinski definition) is 2. The Hall–Kier alpha value is -1.47. The molecule has 2 heterocycles. The molecule has 0 radical (unpaired) electrons. The van der Waals surface area contributed by atoms with Crippen LogP contribution < -0.4 is 5.32 Å². The Morgan fingerprint density at radius 1 is 1.45 bits per heavy atom. The zero-order valence-corrected chi connectivity index (χ0v) is 14.3. The molecule has 5 nitrogen and oxygen atoms in total. The van der Waals surface area contributed by atoms with Gasteiger partial charge in [-0.05, 0) is 56.5 Å². The normalized spacial score (nSPS) is 14.4. The molecule has 3 rings (SSSR count). The van der Waals surface area contributed by atoms with Gasteiger partial charge in [0.15, 0.2) is 10.6 Å². The van der Waals surface area contributed by atoms with Crippen LogP contribution in [0.5, 0.6) is 0 Å². The van der Waals surface area contributed by atoms with Gasteiger partial charge in [0, 0.05) is 11.4 Å². The van der Waals surface area contributed by atoms with Crippen LogP contribution in [0.3, 0.4) is 0 Å². The lowest BCUT2D eigenvalue weighted by Crippen LogP contribution is -2.24. The topological polar surface area (TPSA) is 62.7 Å². The molecular formula is C15H20N4OS2. The fraction of sp³-hybridized carbons (Fsp3) is 0.533. The van der Waals surface area contributed by atoms with Gasteiger partial charge in [-0.25, -0.2) is 0 Å². The fourth-order valence-corrected chi connectivity index (χ4v) is 4.29. The summed E-state index contributed by atoms with van der Waals surface area (Å²) in [6.07, 6.45) is 5.98. The minimum atomic E-state index is -0.0188. The van der Waals surface area contributed by atoms with Crippen molar-refractivity contribution < 1.29 is 4.79 Å². The summed E-state index contributed by atoms with van der Waals surface area (Å²) >= 11 is 6.79. The molecule has 0 aliphatic heterocycles. The Morgan fingerprint density at radius 3 is 3.09 bits per heavy atom. The van der Waals surface area contributed by atoms with Crippen LogP contribution in [-0.4, -0.2) is 20.7 Å². The quantitative estimate of drug-likeness (QED) is 0.665. The van der Waals surface area contributed by atoms with Gasteiger partial charge in [0.2, 0.25) is 0 Å². The second-order valence-corrected chi connectivity index (χ2v) is 7.02. The van der Waals surface area contributed by atoms with Crippen molar-refractivity contribution in [3.05, 3.63) is 32.0 Å². The molecule has 22 heavy (non-hydrogen) atoms.